The zero-order valence-corrected chi connectivity index (χ0v) is 12.1. The highest BCUT2D eigenvalue weighted by Gasteiger charge is 2.11. The molecule has 3 rings (SSSR count). The minimum Gasteiger partial charge on any atom is -0.456 e. The van der Waals surface area contributed by atoms with Crippen molar-refractivity contribution in [3.05, 3.63) is 47.0 Å². The fourth-order valence-corrected chi connectivity index (χ4v) is 3.18. The minimum atomic E-state index is -0.300. The van der Waals surface area contributed by atoms with Crippen molar-refractivity contribution >= 4 is 51.2 Å². The van der Waals surface area contributed by atoms with Crippen LogP contribution in [0.4, 0.5) is 0 Å². The van der Waals surface area contributed by atoms with Gasteiger partial charge in [0.05, 0.1) is 5.75 Å². The molecule has 0 aliphatic carbocycles. The molecule has 1 amide bonds. The van der Waals surface area contributed by atoms with Crippen molar-refractivity contribution in [3.63, 3.8) is 0 Å². The van der Waals surface area contributed by atoms with Gasteiger partial charge >= 0.3 is 0 Å². The molecule has 0 atom stereocenters. The van der Waals surface area contributed by atoms with Crippen LogP contribution in [0.2, 0.25) is 5.02 Å². The van der Waals surface area contributed by atoms with Crippen LogP contribution in [0.3, 0.4) is 0 Å². The van der Waals surface area contributed by atoms with E-state index in [1.165, 1.54) is 11.8 Å². The Balaban J connectivity index is 2.07. The number of hydrogen-bond acceptors (Lipinski definition) is 3. The summed E-state index contributed by atoms with van der Waals surface area (Å²) in [5.41, 5.74) is 7.91. The zero-order valence-electron chi connectivity index (χ0n) is 10.6. The lowest BCUT2D eigenvalue weighted by molar-refractivity contribution is -0.115. The largest absolute Gasteiger partial charge is 0.456 e. The number of furan rings is 1. The van der Waals surface area contributed by atoms with Crippen LogP contribution in [-0.2, 0) is 10.5 Å². The molecule has 0 fully saturated rings. The SMILES string of the molecule is NC(=O)CSCc1cccc2oc3cc(Cl)ccc3c12. The molecule has 1 heterocycles. The van der Waals surface area contributed by atoms with Gasteiger partial charge in [-0.1, -0.05) is 23.7 Å². The summed E-state index contributed by atoms with van der Waals surface area (Å²) in [5.74, 6) is 0.737. The summed E-state index contributed by atoms with van der Waals surface area (Å²) in [5, 5.41) is 2.78. The number of benzene rings is 2. The molecule has 0 radical (unpaired) electrons. The molecule has 0 unspecified atom stereocenters. The number of thioether (sulfide) groups is 1. The van der Waals surface area contributed by atoms with Crippen molar-refractivity contribution in [2.45, 2.75) is 5.75 Å². The van der Waals surface area contributed by atoms with Crippen LogP contribution in [-0.4, -0.2) is 11.7 Å². The van der Waals surface area contributed by atoms with Crippen LogP contribution < -0.4 is 5.73 Å². The van der Waals surface area contributed by atoms with Crippen LogP contribution in [0, 0.1) is 0 Å². The predicted molar refractivity (Wildman–Crippen MR) is 84.1 cm³/mol. The molecule has 5 heteroatoms. The summed E-state index contributed by atoms with van der Waals surface area (Å²) in [6.45, 7) is 0. The van der Waals surface area contributed by atoms with Gasteiger partial charge in [0.1, 0.15) is 11.2 Å². The second-order valence-electron chi connectivity index (χ2n) is 4.49. The molecule has 102 valence electrons. The second kappa shape index (κ2) is 5.38. The topological polar surface area (TPSA) is 56.2 Å². The first-order valence-corrected chi connectivity index (χ1v) is 7.64. The molecule has 2 aromatic carbocycles. The average molecular weight is 306 g/mol. The first-order valence-electron chi connectivity index (χ1n) is 6.11. The lowest BCUT2D eigenvalue weighted by Gasteiger charge is -2.02. The van der Waals surface area contributed by atoms with Crippen molar-refractivity contribution in [1.82, 2.24) is 0 Å². The van der Waals surface area contributed by atoms with E-state index in [2.05, 4.69) is 0 Å². The van der Waals surface area contributed by atoms with Crippen LogP contribution in [0.1, 0.15) is 5.56 Å². The number of carbonyl (C=O) groups is 1. The Hall–Kier alpha value is -1.65. The lowest BCUT2D eigenvalue weighted by Crippen LogP contribution is -2.13. The van der Waals surface area contributed by atoms with E-state index in [4.69, 9.17) is 21.8 Å². The fourth-order valence-electron chi connectivity index (χ4n) is 2.25. The van der Waals surface area contributed by atoms with Gasteiger partial charge in [-0.15, -0.1) is 11.8 Å². The molecule has 1 aromatic heterocycles. The first kappa shape index (κ1) is 13.3. The standard InChI is InChI=1S/C15H12ClNO2S/c16-10-4-5-11-13(6-10)19-12-3-1-2-9(15(11)12)7-20-8-14(17)18/h1-6H,7-8H2,(H2,17,18). The number of hydrogen-bond donors (Lipinski definition) is 1. The van der Waals surface area contributed by atoms with Gasteiger partial charge in [-0.2, -0.15) is 0 Å². The van der Waals surface area contributed by atoms with Crippen LogP contribution in [0.5, 0.6) is 0 Å². The monoisotopic (exact) mass is 305 g/mol. The molecule has 3 aromatic rings. The molecule has 3 nitrogen and oxygen atoms in total. The van der Waals surface area contributed by atoms with Gasteiger partial charge in [0.2, 0.25) is 5.91 Å². The van der Waals surface area contributed by atoms with E-state index >= 15 is 0 Å². The first-order chi connectivity index (χ1) is 9.65. The van der Waals surface area contributed by atoms with Crippen molar-refractivity contribution in [2.24, 2.45) is 5.73 Å². The zero-order chi connectivity index (χ0) is 14.1. The average Bonchev–Trinajstić information content (AvgIpc) is 2.76. The number of fused-ring (bicyclic) bond motifs is 3. The Kier molecular flexibility index (Phi) is 3.59. The number of halogens is 1. The summed E-state index contributed by atoms with van der Waals surface area (Å²) in [6.07, 6.45) is 0. The molecule has 0 spiro atoms. The molecule has 2 N–H and O–H groups in total. The molecule has 20 heavy (non-hydrogen) atoms. The molecule has 0 saturated carbocycles. The molecule has 0 aliphatic heterocycles. The summed E-state index contributed by atoms with van der Waals surface area (Å²) >= 11 is 7.49. The maximum Gasteiger partial charge on any atom is 0.227 e. The maximum atomic E-state index is 10.8. The van der Waals surface area contributed by atoms with Gasteiger partial charge in [0.15, 0.2) is 0 Å². The fraction of sp³-hybridized carbons (Fsp3) is 0.133. The summed E-state index contributed by atoms with van der Waals surface area (Å²) in [7, 11) is 0. The highest BCUT2D eigenvalue weighted by atomic mass is 35.5. The Morgan fingerprint density at radius 1 is 1.25 bits per heavy atom. The summed E-state index contributed by atoms with van der Waals surface area (Å²) in [6, 6.07) is 11.6. The van der Waals surface area contributed by atoms with E-state index < -0.39 is 0 Å². The van der Waals surface area contributed by atoms with Crippen molar-refractivity contribution < 1.29 is 9.21 Å². The molecule has 0 saturated heterocycles. The van der Waals surface area contributed by atoms with E-state index in [-0.39, 0.29) is 5.91 Å². The van der Waals surface area contributed by atoms with Gasteiger partial charge in [0.25, 0.3) is 0 Å². The van der Waals surface area contributed by atoms with Crippen molar-refractivity contribution in [1.29, 1.82) is 0 Å². The Morgan fingerprint density at radius 2 is 2.10 bits per heavy atom. The van der Waals surface area contributed by atoms with E-state index in [9.17, 15) is 4.79 Å². The van der Waals surface area contributed by atoms with E-state index in [1.54, 1.807) is 0 Å². The second-order valence-corrected chi connectivity index (χ2v) is 5.91. The Bertz CT molecular complexity index is 797. The third-order valence-electron chi connectivity index (χ3n) is 3.05. The van der Waals surface area contributed by atoms with Crippen LogP contribution in [0.25, 0.3) is 21.9 Å². The van der Waals surface area contributed by atoms with Gasteiger partial charge < -0.3 is 10.2 Å². The van der Waals surface area contributed by atoms with Crippen LogP contribution in [0.15, 0.2) is 40.8 Å². The highest BCUT2D eigenvalue weighted by Crippen LogP contribution is 2.34. The van der Waals surface area contributed by atoms with Gasteiger partial charge in [0, 0.05) is 27.6 Å². The number of amides is 1. The van der Waals surface area contributed by atoms with Gasteiger partial charge in [-0.3, -0.25) is 4.79 Å². The normalized spacial score (nSPS) is 11.2. The molecular formula is C15H12ClNO2S. The maximum absolute atomic E-state index is 10.8. The van der Waals surface area contributed by atoms with Crippen molar-refractivity contribution in [3.8, 4) is 0 Å². The van der Waals surface area contributed by atoms with E-state index in [1.807, 2.05) is 36.4 Å². The molecule has 0 bridgehead atoms. The summed E-state index contributed by atoms with van der Waals surface area (Å²) in [4.78, 5) is 10.8. The summed E-state index contributed by atoms with van der Waals surface area (Å²) < 4.78 is 5.82. The Labute approximate surface area is 125 Å². The van der Waals surface area contributed by atoms with Gasteiger partial charge in [-0.25, -0.2) is 0 Å². The number of primary amides is 1. The smallest absolute Gasteiger partial charge is 0.227 e. The van der Waals surface area contributed by atoms with Crippen LogP contribution >= 0.6 is 23.4 Å². The van der Waals surface area contributed by atoms with E-state index in [0.29, 0.717) is 10.8 Å². The van der Waals surface area contributed by atoms with E-state index in [0.717, 1.165) is 33.3 Å². The number of rotatable bonds is 4. The quantitative estimate of drug-likeness (QED) is 0.794. The minimum absolute atomic E-state index is 0.300. The third-order valence-corrected chi connectivity index (χ3v) is 4.29. The molecule has 0 aliphatic rings. The number of carbonyl (C=O) groups excluding carboxylic acids is 1. The highest BCUT2D eigenvalue weighted by molar-refractivity contribution is 7.99. The predicted octanol–water partition coefficient (Wildman–Crippen LogP) is 3.96. The Morgan fingerprint density at radius 3 is 2.90 bits per heavy atom. The number of nitrogens with two attached hydrogens (primary N) is 1. The molecular weight excluding hydrogens is 294 g/mol. The van der Waals surface area contributed by atoms with Crippen molar-refractivity contribution in [2.75, 3.05) is 5.75 Å². The third kappa shape index (κ3) is 2.49. The lowest BCUT2D eigenvalue weighted by atomic mass is 10.1. The van der Waals surface area contributed by atoms with Gasteiger partial charge in [-0.05, 0) is 23.8 Å².